The first-order chi connectivity index (χ1) is 12.1. The lowest BCUT2D eigenvalue weighted by Crippen LogP contribution is -2.31. The number of aromatic nitrogens is 1. The van der Waals surface area contributed by atoms with Gasteiger partial charge in [0.15, 0.2) is 6.10 Å². The molecule has 0 fully saturated rings. The van der Waals surface area contributed by atoms with Crippen LogP contribution in [0.15, 0.2) is 60.9 Å². The summed E-state index contributed by atoms with van der Waals surface area (Å²) in [6.07, 6.45) is 3.39. The number of fused-ring (bicyclic) bond motifs is 1. The van der Waals surface area contributed by atoms with Gasteiger partial charge in [-0.1, -0.05) is 11.6 Å². The van der Waals surface area contributed by atoms with Gasteiger partial charge >= 0.3 is 0 Å². The van der Waals surface area contributed by atoms with Crippen LogP contribution in [0, 0.1) is 5.82 Å². The molecule has 0 aliphatic carbocycles. The fourth-order valence-corrected chi connectivity index (χ4v) is 3.05. The van der Waals surface area contributed by atoms with Gasteiger partial charge in [-0.3, -0.25) is 4.79 Å². The van der Waals surface area contributed by atoms with Gasteiger partial charge in [0.2, 0.25) is 0 Å². The van der Waals surface area contributed by atoms with E-state index >= 15 is 0 Å². The van der Waals surface area contributed by atoms with Crippen LogP contribution in [0.4, 0.5) is 10.1 Å². The molecule has 3 aromatic rings. The highest BCUT2D eigenvalue weighted by molar-refractivity contribution is 6.30. The summed E-state index contributed by atoms with van der Waals surface area (Å²) in [5.41, 5.74) is 1.74. The molecule has 0 spiro atoms. The lowest BCUT2D eigenvalue weighted by atomic mass is 10.1. The van der Waals surface area contributed by atoms with Gasteiger partial charge in [-0.15, -0.1) is 0 Å². The van der Waals surface area contributed by atoms with Crippen molar-refractivity contribution in [3.63, 3.8) is 0 Å². The van der Waals surface area contributed by atoms with E-state index in [1.165, 1.54) is 6.07 Å². The number of carbonyl (C=O) groups excluding carboxylic acids is 1. The predicted octanol–water partition coefficient (Wildman–Crippen LogP) is 4.21. The zero-order valence-corrected chi connectivity index (χ0v) is 13.8. The van der Waals surface area contributed by atoms with E-state index in [4.69, 9.17) is 16.3 Å². The molecule has 1 N–H and O–H groups in total. The van der Waals surface area contributed by atoms with Crippen molar-refractivity contribution in [2.45, 2.75) is 12.5 Å². The normalized spacial score (nSPS) is 15.5. The summed E-state index contributed by atoms with van der Waals surface area (Å²) >= 11 is 5.96. The standard InChI is InChI=1S/C19H14ClFN2O2/c20-13-3-6-17-12(9-13)10-18(25-17)19(24)22-16-11-14(4-5-15(16)21)23-7-1-2-8-23/h1-9,11,18H,10H2,(H,22,24). The molecule has 1 aliphatic heterocycles. The van der Waals surface area contributed by atoms with Crippen molar-refractivity contribution in [1.29, 1.82) is 0 Å². The molecule has 0 saturated carbocycles. The van der Waals surface area contributed by atoms with E-state index in [9.17, 15) is 9.18 Å². The highest BCUT2D eigenvalue weighted by atomic mass is 35.5. The zero-order chi connectivity index (χ0) is 17.4. The van der Waals surface area contributed by atoms with Crippen LogP contribution in [0.1, 0.15) is 5.56 Å². The molecule has 1 atom stereocenters. The number of nitrogens with one attached hydrogen (secondary N) is 1. The Bertz CT molecular complexity index is 941. The molecular formula is C19H14ClFN2O2. The van der Waals surface area contributed by atoms with Crippen molar-refractivity contribution < 1.29 is 13.9 Å². The minimum atomic E-state index is -0.705. The Kier molecular flexibility index (Phi) is 3.93. The molecule has 1 amide bonds. The van der Waals surface area contributed by atoms with Gasteiger partial charge < -0.3 is 14.6 Å². The van der Waals surface area contributed by atoms with E-state index in [2.05, 4.69) is 5.32 Å². The third-order valence-electron chi connectivity index (χ3n) is 4.10. The van der Waals surface area contributed by atoms with E-state index in [0.29, 0.717) is 17.2 Å². The highest BCUT2D eigenvalue weighted by Gasteiger charge is 2.29. The summed E-state index contributed by atoms with van der Waals surface area (Å²) in [6, 6.07) is 13.5. The first-order valence-corrected chi connectivity index (χ1v) is 8.17. The summed E-state index contributed by atoms with van der Waals surface area (Å²) in [5, 5.41) is 3.21. The number of benzene rings is 2. The van der Waals surface area contributed by atoms with Gasteiger partial charge in [0.1, 0.15) is 11.6 Å². The number of carbonyl (C=O) groups is 1. The van der Waals surface area contributed by atoms with Gasteiger partial charge in [0.05, 0.1) is 5.69 Å². The van der Waals surface area contributed by atoms with E-state index in [0.717, 1.165) is 11.3 Å². The summed E-state index contributed by atoms with van der Waals surface area (Å²) in [6.45, 7) is 0. The number of amides is 1. The molecular weight excluding hydrogens is 343 g/mol. The number of nitrogens with zero attached hydrogens (tertiary/aromatic N) is 1. The van der Waals surface area contributed by atoms with Crippen molar-refractivity contribution in [2.24, 2.45) is 0 Å². The van der Waals surface area contributed by atoms with Gasteiger partial charge in [0.25, 0.3) is 5.91 Å². The van der Waals surface area contributed by atoms with Crippen LogP contribution in [0.25, 0.3) is 5.69 Å². The fourth-order valence-electron chi connectivity index (χ4n) is 2.85. The average molecular weight is 357 g/mol. The highest BCUT2D eigenvalue weighted by Crippen LogP contribution is 2.31. The summed E-state index contributed by atoms with van der Waals surface area (Å²) in [4.78, 5) is 12.5. The summed E-state index contributed by atoms with van der Waals surface area (Å²) in [5.74, 6) is -0.259. The van der Waals surface area contributed by atoms with Crippen LogP contribution in [0.2, 0.25) is 5.02 Å². The van der Waals surface area contributed by atoms with Crippen molar-refractivity contribution in [2.75, 3.05) is 5.32 Å². The number of hydrogen-bond donors (Lipinski definition) is 1. The Morgan fingerprint density at radius 2 is 2.00 bits per heavy atom. The zero-order valence-electron chi connectivity index (χ0n) is 13.1. The van der Waals surface area contributed by atoms with Crippen molar-refractivity contribution in [3.8, 4) is 11.4 Å². The largest absolute Gasteiger partial charge is 0.480 e. The van der Waals surface area contributed by atoms with Crippen LogP contribution >= 0.6 is 11.6 Å². The number of rotatable bonds is 3. The molecule has 4 rings (SSSR count). The van der Waals surface area contributed by atoms with Gasteiger partial charge in [-0.05, 0) is 54.1 Å². The Balaban J connectivity index is 1.53. The first kappa shape index (κ1) is 15.7. The van der Waals surface area contributed by atoms with Gasteiger partial charge in [-0.2, -0.15) is 0 Å². The van der Waals surface area contributed by atoms with E-state index in [-0.39, 0.29) is 5.69 Å². The summed E-state index contributed by atoms with van der Waals surface area (Å²) < 4.78 is 21.6. The number of ether oxygens (including phenoxy) is 1. The molecule has 0 radical (unpaired) electrons. The maximum absolute atomic E-state index is 14.1. The SMILES string of the molecule is O=C(Nc1cc(-n2cccc2)ccc1F)C1Cc2cc(Cl)ccc2O1. The molecule has 0 saturated heterocycles. The van der Waals surface area contributed by atoms with E-state index < -0.39 is 17.8 Å². The van der Waals surface area contributed by atoms with Crippen LogP contribution in [-0.4, -0.2) is 16.6 Å². The van der Waals surface area contributed by atoms with Crippen LogP contribution in [0.5, 0.6) is 5.75 Å². The second kappa shape index (κ2) is 6.26. The lowest BCUT2D eigenvalue weighted by Gasteiger charge is -2.13. The van der Waals surface area contributed by atoms with Crippen LogP contribution < -0.4 is 10.1 Å². The fraction of sp³-hybridized carbons (Fsp3) is 0.105. The number of halogens is 2. The summed E-state index contributed by atoms with van der Waals surface area (Å²) in [7, 11) is 0. The van der Waals surface area contributed by atoms with E-state index in [1.54, 1.807) is 30.3 Å². The van der Waals surface area contributed by atoms with Crippen molar-refractivity contribution >= 4 is 23.2 Å². The number of anilines is 1. The molecule has 25 heavy (non-hydrogen) atoms. The van der Waals surface area contributed by atoms with Gasteiger partial charge in [0, 0.05) is 29.5 Å². The molecule has 4 nitrogen and oxygen atoms in total. The third-order valence-corrected chi connectivity index (χ3v) is 4.34. The molecule has 0 bridgehead atoms. The van der Waals surface area contributed by atoms with Gasteiger partial charge in [-0.25, -0.2) is 4.39 Å². The first-order valence-electron chi connectivity index (χ1n) is 7.79. The Morgan fingerprint density at radius 1 is 1.20 bits per heavy atom. The molecule has 2 aromatic carbocycles. The second-order valence-electron chi connectivity index (χ2n) is 5.81. The third kappa shape index (κ3) is 3.10. The molecule has 1 unspecified atom stereocenters. The minimum absolute atomic E-state index is 0.119. The van der Waals surface area contributed by atoms with Crippen molar-refractivity contribution in [1.82, 2.24) is 4.57 Å². The van der Waals surface area contributed by atoms with Crippen LogP contribution in [-0.2, 0) is 11.2 Å². The molecule has 1 aromatic heterocycles. The Morgan fingerprint density at radius 3 is 2.80 bits per heavy atom. The van der Waals surface area contributed by atoms with E-state index in [1.807, 2.05) is 29.1 Å². The van der Waals surface area contributed by atoms with Crippen molar-refractivity contribution in [3.05, 3.63) is 77.3 Å². The topological polar surface area (TPSA) is 43.3 Å². The maximum atomic E-state index is 14.1. The Hall–Kier alpha value is -2.79. The number of hydrogen-bond acceptors (Lipinski definition) is 2. The second-order valence-corrected chi connectivity index (χ2v) is 6.24. The minimum Gasteiger partial charge on any atom is -0.480 e. The monoisotopic (exact) mass is 356 g/mol. The maximum Gasteiger partial charge on any atom is 0.265 e. The molecule has 1 aliphatic rings. The Labute approximate surface area is 148 Å². The molecule has 2 heterocycles. The van der Waals surface area contributed by atoms with Crippen LogP contribution in [0.3, 0.4) is 0 Å². The lowest BCUT2D eigenvalue weighted by molar-refractivity contribution is -0.122. The smallest absolute Gasteiger partial charge is 0.265 e. The average Bonchev–Trinajstić information content (AvgIpc) is 3.25. The molecule has 126 valence electrons. The predicted molar refractivity (Wildman–Crippen MR) is 93.9 cm³/mol. The quantitative estimate of drug-likeness (QED) is 0.763. The molecule has 6 heteroatoms.